The molecule has 2 rings (SSSR count). The summed E-state index contributed by atoms with van der Waals surface area (Å²) in [7, 11) is 0. The number of aryl methyl sites for hydroxylation is 2. The fourth-order valence-corrected chi connectivity index (χ4v) is 2.62. The van der Waals surface area contributed by atoms with Crippen molar-refractivity contribution in [3.63, 3.8) is 0 Å². The molecule has 0 amide bonds. The molecule has 1 fully saturated rings. The third kappa shape index (κ3) is 3.15. The fraction of sp³-hybridized carbons (Fsp3) is 0.714. The van der Waals surface area contributed by atoms with E-state index in [0.717, 1.165) is 42.8 Å². The third-order valence-corrected chi connectivity index (χ3v) is 3.71. The summed E-state index contributed by atoms with van der Waals surface area (Å²) >= 11 is 0. The highest BCUT2D eigenvalue weighted by atomic mass is 16.5. The van der Waals surface area contributed by atoms with Crippen LogP contribution >= 0.6 is 0 Å². The smallest absolute Gasteiger partial charge is 0.323 e. The Hall–Kier alpha value is -1.36. The first-order valence-electron chi connectivity index (χ1n) is 6.96. The van der Waals surface area contributed by atoms with Crippen molar-refractivity contribution >= 4 is 5.97 Å². The van der Waals surface area contributed by atoms with Gasteiger partial charge in [-0.2, -0.15) is 0 Å². The van der Waals surface area contributed by atoms with Gasteiger partial charge in [0.05, 0.1) is 12.3 Å². The Bertz CT molecular complexity index is 422. The zero-order valence-corrected chi connectivity index (χ0v) is 11.9. The van der Waals surface area contributed by atoms with E-state index in [1.165, 1.54) is 0 Å². The highest BCUT2D eigenvalue weighted by molar-refractivity contribution is 5.75. The first-order chi connectivity index (χ1) is 9.13. The quantitative estimate of drug-likeness (QED) is 0.782. The summed E-state index contributed by atoms with van der Waals surface area (Å²) in [5.74, 6) is 0.736. The summed E-state index contributed by atoms with van der Waals surface area (Å²) in [6.07, 6.45) is 3.09. The van der Waals surface area contributed by atoms with Crippen molar-refractivity contribution < 1.29 is 14.1 Å². The molecule has 2 heterocycles. The van der Waals surface area contributed by atoms with Crippen molar-refractivity contribution in [3.05, 3.63) is 17.0 Å². The van der Waals surface area contributed by atoms with Crippen LogP contribution in [0.5, 0.6) is 0 Å². The van der Waals surface area contributed by atoms with Gasteiger partial charge in [-0.15, -0.1) is 0 Å². The Labute approximate surface area is 113 Å². The molecular weight excluding hydrogens is 244 g/mol. The molecule has 5 heteroatoms. The maximum Gasteiger partial charge on any atom is 0.323 e. The molecule has 0 spiro atoms. The van der Waals surface area contributed by atoms with Crippen molar-refractivity contribution in [2.75, 3.05) is 13.2 Å². The number of hydrogen-bond donors (Lipinski definition) is 0. The number of carbonyl (C=O) groups excluding carboxylic acids is 1. The first-order valence-corrected chi connectivity index (χ1v) is 6.96. The second kappa shape index (κ2) is 6.19. The number of piperidine rings is 1. The Kier molecular flexibility index (Phi) is 4.58. The molecular formula is C14H22N2O3. The molecule has 106 valence electrons. The normalized spacial score (nSPS) is 20.5. The van der Waals surface area contributed by atoms with Crippen LogP contribution in [0.25, 0.3) is 0 Å². The number of esters is 1. The lowest BCUT2D eigenvalue weighted by Gasteiger charge is -2.33. The molecule has 1 unspecified atom stereocenters. The predicted molar refractivity (Wildman–Crippen MR) is 70.7 cm³/mol. The first kappa shape index (κ1) is 14.1. The molecule has 0 aliphatic carbocycles. The van der Waals surface area contributed by atoms with Crippen LogP contribution in [0.3, 0.4) is 0 Å². The van der Waals surface area contributed by atoms with Gasteiger partial charge in [0.25, 0.3) is 0 Å². The highest BCUT2D eigenvalue weighted by Gasteiger charge is 2.30. The molecule has 0 saturated carbocycles. The second-order valence-corrected chi connectivity index (χ2v) is 5.04. The number of ether oxygens (including phenoxy) is 1. The van der Waals surface area contributed by atoms with Gasteiger partial charge in [0.1, 0.15) is 11.8 Å². The van der Waals surface area contributed by atoms with Crippen LogP contribution in [-0.2, 0) is 16.1 Å². The van der Waals surface area contributed by atoms with Gasteiger partial charge in [0.15, 0.2) is 0 Å². The SMILES string of the molecule is CCOC(=O)C1CCCCN1Cc1c(C)noc1C. The highest BCUT2D eigenvalue weighted by Crippen LogP contribution is 2.23. The van der Waals surface area contributed by atoms with Gasteiger partial charge < -0.3 is 9.26 Å². The standard InChI is InChI=1S/C14H22N2O3/c1-4-18-14(17)13-7-5-6-8-16(13)9-12-10(2)15-19-11(12)3/h13H,4-9H2,1-3H3. The van der Waals surface area contributed by atoms with Gasteiger partial charge in [-0.05, 0) is 40.2 Å². The molecule has 0 N–H and O–H groups in total. The van der Waals surface area contributed by atoms with E-state index in [0.29, 0.717) is 13.2 Å². The lowest BCUT2D eigenvalue weighted by Crippen LogP contribution is -2.45. The van der Waals surface area contributed by atoms with Gasteiger partial charge in [-0.3, -0.25) is 9.69 Å². The Balaban J connectivity index is 2.10. The van der Waals surface area contributed by atoms with E-state index in [4.69, 9.17) is 9.26 Å². The number of nitrogens with zero attached hydrogens (tertiary/aromatic N) is 2. The average molecular weight is 266 g/mol. The van der Waals surface area contributed by atoms with E-state index in [1.54, 1.807) is 0 Å². The van der Waals surface area contributed by atoms with Gasteiger partial charge in [-0.25, -0.2) is 0 Å². The Morgan fingerprint density at radius 1 is 1.47 bits per heavy atom. The summed E-state index contributed by atoms with van der Waals surface area (Å²) in [5, 5.41) is 3.97. The molecule has 1 aromatic heterocycles. The summed E-state index contributed by atoms with van der Waals surface area (Å²) < 4.78 is 10.4. The van der Waals surface area contributed by atoms with Crippen LogP contribution in [0.1, 0.15) is 43.2 Å². The molecule has 1 saturated heterocycles. The number of carbonyl (C=O) groups is 1. The van der Waals surface area contributed by atoms with Crippen molar-refractivity contribution in [2.24, 2.45) is 0 Å². The lowest BCUT2D eigenvalue weighted by atomic mass is 10.0. The number of likely N-dealkylation sites (tertiary alicyclic amines) is 1. The van der Waals surface area contributed by atoms with Crippen LogP contribution in [-0.4, -0.2) is 35.2 Å². The zero-order valence-electron chi connectivity index (χ0n) is 11.9. The van der Waals surface area contributed by atoms with Crippen LogP contribution in [0.15, 0.2) is 4.52 Å². The summed E-state index contributed by atoms with van der Waals surface area (Å²) in [5.41, 5.74) is 2.00. The fourth-order valence-electron chi connectivity index (χ4n) is 2.62. The number of hydrogen-bond acceptors (Lipinski definition) is 5. The van der Waals surface area contributed by atoms with Gasteiger partial charge in [0.2, 0.25) is 0 Å². The van der Waals surface area contributed by atoms with E-state index in [2.05, 4.69) is 10.1 Å². The maximum atomic E-state index is 12.0. The second-order valence-electron chi connectivity index (χ2n) is 5.04. The summed E-state index contributed by atoms with van der Waals surface area (Å²) in [4.78, 5) is 14.2. The van der Waals surface area contributed by atoms with Gasteiger partial charge in [0, 0.05) is 12.1 Å². The van der Waals surface area contributed by atoms with Crippen molar-refractivity contribution in [1.29, 1.82) is 0 Å². The molecule has 5 nitrogen and oxygen atoms in total. The van der Waals surface area contributed by atoms with Gasteiger partial charge >= 0.3 is 5.97 Å². The molecule has 1 aliphatic heterocycles. The van der Waals surface area contributed by atoms with Crippen LogP contribution < -0.4 is 0 Å². The number of rotatable bonds is 4. The zero-order chi connectivity index (χ0) is 13.8. The summed E-state index contributed by atoms with van der Waals surface area (Å²) in [6.45, 7) is 7.78. The molecule has 1 atom stereocenters. The largest absolute Gasteiger partial charge is 0.465 e. The minimum Gasteiger partial charge on any atom is -0.465 e. The third-order valence-electron chi connectivity index (χ3n) is 3.71. The minimum absolute atomic E-state index is 0.103. The Morgan fingerprint density at radius 2 is 2.26 bits per heavy atom. The Morgan fingerprint density at radius 3 is 2.89 bits per heavy atom. The van der Waals surface area contributed by atoms with Crippen molar-refractivity contribution in [2.45, 2.75) is 52.6 Å². The lowest BCUT2D eigenvalue weighted by molar-refractivity contribution is -0.151. The topological polar surface area (TPSA) is 55.6 Å². The van der Waals surface area contributed by atoms with E-state index in [1.807, 2.05) is 20.8 Å². The molecule has 1 aliphatic rings. The van der Waals surface area contributed by atoms with Crippen molar-refractivity contribution in [1.82, 2.24) is 10.1 Å². The maximum absolute atomic E-state index is 12.0. The van der Waals surface area contributed by atoms with E-state index in [9.17, 15) is 4.79 Å². The molecule has 1 aromatic rings. The monoisotopic (exact) mass is 266 g/mol. The number of aromatic nitrogens is 1. The minimum atomic E-state index is -0.123. The van der Waals surface area contributed by atoms with E-state index in [-0.39, 0.29) is 12.0 Å². The average Bonchev–Trinajstić information content (AvgIpc) is 2.71. The molecule has 0 bridgehead atoms. The van der Waals surface area contributed by atoms with Crippen LogP contribution in [0.2, 0.25) is 0 Å². The molecule has 0 aromatic carbocycles. The summed E-state index contributed by atoms with van der Waals surface area (Å²) in [6, 6.07) is -0.123. The van der Waals surface area contributed by atoms with Crippen molar-refractivity contribution in [3.8, 4) is 0 Å². The molecule has 19 heavy (non-hydrogen) atoms. The van der Waals surface area contributed by atoms with E-state index >= 15 is 0 Å². The van der Waals surface area contributed by atoms with Gasteiger partial charge in [-0.1, -0.05) is 11.6 Å². The van der Waals surface area contributed by atoms with Crippen LogP contribution in [0.4, 0.5) is 0 Å². The predicted octanol–water partition coefficient (Wildman–Crippen LogP) is 2.21. The van der Waals surface area contributed by atoms with Crippen LogP contribution in [0, 0.1) is 13.8 Å². The molecule has 0 radical (unpaired) electrons. The van der Waals surface area contributed by atoms with E-state index < -0.39 is 0 Å².